The molecule has 22 heavy (non-hydrogen) atoms. The second-order valence-corrected chi connectivity index (χ2v) is 7.01. The molecule has 0 spiro atoms. The largest absolute Gasteiger partial charge is 0.264 e. The highest BCUT2D eigenvalue weighted by Gasteiger charge is 2.35. The Morgan fingerprint density at radius 2 is 1.95 bits per heavy atom. The third kappa shape index (κ3) is 3.15. The zero-order chi connectivity index (χ0) is 15.7. The summed E-state index contributed by atoms with van der Waals surface area (Å²) in [6.45, 7) is 0. The summed E-state index contributed by atoms with van der Waals surface area (Å²) < 4.78 is 53.6. The number of aromatic nitrogens is 1. The van der Waals surface area contributed by atoms with Gasteiger partial charge >= 0.3 is 0 Å². The zero-order valence-electron chi connectivity index (χ0n) is 11.5. The summed E-state index contributed by atoms with van der Waals surface area (Å²) in [5.41, 5.74) is 0.760. The van der Waals surface area contributed by atoms with Gasteiger partial charge in [-0.25, -0.2) is 21.9 Å². The molecule has 1 atom stereocenters. The van der Waals surface area contributed by atoms with Crippen LogP contribution in [0.3, 0.4) is 0 Å². The van der Waals surface area contributed by atoms with Crippen LogP contribution < -0.4 is 4.72 Å². The number of pyridine rings is 1. The summed E-state index contributed by atoms with van der Waals surface area (Å²) in [6.07, 6.45) is 5.05. The second-order valence-electron chi connectivity index (χ2n) is 5.30. The van der Waals surface area contributed by atoms with Crippen LogP contribution in [0.4, 0.5) is 8.78 Å². The maximum Gasteiger partial charge on any atom is 0.241 e. The third-order valence-electron chi connectivity index (χ3n) is 3.62. The molecule has 1 aliphatic rings. The molecule has 0 aliphatic heterocycles. The fourth-order valence-corrected chi connectivity index (χ4v) is 3.61. The normalized spacial score (nSPS) is 16.5. The van der Waals surface area contributed by atoms with Crippen molar-refractivity contribution in [3.8, 4) is 0 Å². The Bertz CT molecular complexity index is 777. The average molecular weight is 324 g/mol. The number of nitrogens with one attached hydrogen (secondary N) is 1. The molecular formula is C15H14F2N2O2S. The van der Waals surface area contributed by atoms with E-state index in [0.29, 0.717) is 6.07 Å². The molecule has 1 aromatic heterocycles. The van der Waals surface area contributed by atoms with Gasteiger partial charge in [-0.3, -0.25) is 4.98 Å². The smallest absolute Gasteiger partial charge is 0.241 e. The number of hydrogen-bond donors (Lipinski definition) is 1. The Hall–Kier alpha value is -1.86. The summed E-state index contributed by atoms with van der Waals surface area (Å²) in [5, 5.41) is 0. The Kier molecular flexibility index (Phi) is 3.92. The highest BCUT2D eigenvalue weighted by Crippen LogP contribution is 2.41. The summed E-state index contributed by atoms with van der Waals surface area (Å²) >= 11 is 0. The van der Waals surface area contributed by atoms with E-state index in [1.807, 2.05) is 0 Å². The number of sulfonamides is 1. The first-order chi connectivity index (χ1) is 10.5. The third-order valence-corrected chi connectivity index (χ3v) is 5.06. The van der Waals surface area contributed by atoms with Gasteiger partial charge in [0.05, 0.1) is 10.9 Å². The fourth-order valence-electron chi connectivity index (χ4n) is 2.31. The van der Waals surface area contributed by atoms with Gasteiger partial charge in [0.1, 0.15) is 0 Å². The first kappa shape index (κ1) is 15.1. The fraction of sp³-hybridized carbons (Fsp3) is 0.267. The Morgan fingerprint density at radius 3 is 2.55 bits per heavy atom. The van der Waals surface area contributed by atoms with Gasteiger partial charge in [-0.15, -0.1) is 0 Å². The molecule has 1 fully saturated rings. The number of rotatable bonds is 5. The van der Waals surface area contributed by atoms with E-state index < -0.39 is 27.7 Å². The molecule has 116 valence electrons. The Labute approximate surface area is 127 Å². The van der Waals surface area contributed by atoms with Gasteiger partial charge in [-0.1, -0.05) is 6.07 Å². The summed E-state index contributed by atoms with van der Waals surface area (Å²) in [4.78, 5) is 3.71. The molecule has 0 radical (unpaired) electrons. The lowest BCUT2D eigenvalue weighted by Gasteiger charge is -2.18. The number of nitrogens with zero attached hydrogens (tertiary/aromatic N) is 1. The van der Waals surface area contributed by atoms with Crippen LogP contribution in [-0.4, -0.2) is 13.4 Å². The standard InChI is InChI=1S/C15H14F2N2O2S/c16-13-6-5-12(8-14(13)17)22(20,21)19-15(10-3-4-10)11-2-1-7-18-9-11/h1-2,5-10,15,19H,3-4H2/t15-/m0/s1. The highest BCUT2D eigenvalue weighted by atomic mass is 32.2. The van der Waals surface area contributed by atoms with Crippen LogP contribution in [0.15, 0.2) is 47.6 Å². The maximum absolute atomic E-state index is 13.3. The van der Waals surface area contributed by atoms with E-state index in [1.165, 1.54) is 0 Å². The second kappa shape index (κ2) is 5.73. The molecule has 1 heterocycles. The van der Waals surface area contributed by atoms with Gasteiger partial charge in [0, 0.05) is 12.4 Å². The summed E-state index contributed by atoms with van der Waals surface area (Å²) in [5.74, 6) is -2.07. The minimum atomic E-state index is -3.94. The van der Waals surface area contributed by atoms with Crippen molar-refractivity contribution in [3.05, 3.63) is 59.9 Å². The molecule has 0 amide bonds. The number of halogens is 2. The van der Waals surface area contributed by atoms with Crippen LogP contribution in [0.25, 0.3) is 0 Å². The highest BCUT2D eigenvalue weighted by molar-refractivity contribution is 7.89. The van der Waals surface area contributed by atoms with Crippen molar-refractivity contribution in [1.29, 1.82) is 0 Å². The van der Waals surface area contributed by atoms with Crippen LogP contribution in [0.2, 0.25) is 0 Å². The van der Waals surface area contributed by atoms with Gasteiger partial charge in [0.2, 0.25) is 10.0 Å². The lowest BCUT2D eigenvalue weighted by Crippen LogP contribution is -2.30. The van der Waals surface area contributed by atoms with E-state index in [9.17, 15) is 17.2 Å². The Morgan fingerprint density at radius 1 is 1.18 bits per heavy atom. The van der Waals surface area contributed by atoms with Crippen molar-refractivity contribution >= 4 is 10.0 Å². The first-order valence-corrected chi connectivity index (χ1v) is 8.33. The molecule has 2 aromatic rings. The van der Waals surface area contributed by atoms with Gasteiger partial charge in [-0.05, 0) is 48.6 Å². The number of benzene rings is 1. The minimum absolute atomic E-state index is 0.198. The maximum atomic E-state index is 13.3. The molecule has 1 aliphatic carbocycles. The quantitative estimate of drug-likeness (QED) is 0.920. The van der Waals surface area contributed by atoms with Crippen LogP contribution in [0.5, 0.6) is 0 Å². The van der Waals surface area contributed by atoms with E-state index in [0.717, 1.165) is 30.5 Å². The van der Waals surface area contributed by atoms with Gasteiger partial charge in [-0.2, -0.15) is 0 Å². The van der Waals surface area contributed by atoms with Crippen LogP contribution in [0, 0.1) is 17.6 Å². The zero-order valence-corrected chi connectivity index (χ0v) is 12.4. The first-order valence-electron chi connectivity index (χ1n) is 6.85. The topological polar surface area (TPSA) is 59.1 Å². The number of hydrogen-bond acceptors (Lipinski definition) is 3. The molecular weight excluding hydrogens is 310 g/mol. The molecule has 0 unspecified atom stereocenters. The lowest BCUT2D eigenvalue weighted by molar-refractivity contribution is 0.501. The van der Waals surface area contributed by atoms with Crippen molar-refractivity contribution in [2.24, 2.45) is 5.92 Å². The SMILES string of the molecule is O=S(=O)(N[C@H](c1cccnc1)C1CC1)c1ccc(F)c(F)c1. The average Bonchev–Trinajstić information content (AvgIpc) is 3.33. The van der Waals surface area contributed by atoms with Crippen LogP contribution >= 0.6 is 0 Å². The molecule has 1 saturated carbocycles. The molecule has 7 heteroatoms. The predicted octanol–water partition coefficient (Wildman–Crippen LogP) is 2.79. The van der Waals surface area contributed by atoms with Gasteiger partial charge < -0.3 is 0 Å². The molecule has 3 rings (SSSR count). The van der Waals surface area contributed by atoms with Crippen LogP contribution in [0.1, 0.15) is 24.4 Å². The van der Waals surface area contributed by atoms with Gasteiger partial charge in [0.25, 0.3) is 0 Å². The molecule has 1 N–H and O–H groups in total. The minimum Gasteiger partial charge on any atom is -0.264 e. The molecule has 0 saturated heterocycles. The lowest BCUT2D eigenvalue weighted by atomic mass is 10.1. The molecule has 4 nitrogen and oxygen atoms in total. The van der Waals surface area contributed by atoms with E-state index in [2.05, 4.69) is 9.71 Å². The molecule has 0 bridgehead atoms. The van der Waals surface area contributed by atoms with Crippen molar-refractivity contribution in [3.63, 3.8) is 0 Å². The summed E-state index contributed by atoms with van der Waals surface area (Å²) in [7, 11) is -3.94. The van der Waals surface area contributed by atoms with Crippen molar-refractivity contribution in [1.82, 2.24) is 9.71 Å². The van der Waals surface area contributed by atoms with E-state index in [1.54, 1.807) is 24.5 Å². The van der Waals surface area contributed by atoms with E-state index >= 15 is 0 Å². The van der Waals surface area contributed by atoms with E-state index in [-0.39, 0.29) is 10.8 Å². The van der Waals surface area contributed by atoms with Crippen molar-refractivity contribution < 1.29 is 17.2 Å². The summed E-state index contributed by atoms with van der Waals surface area (Å²) in [6, 6.07) is 5.66. The Balaban J connectivity index is 1.90. The van der Waals surface area contributed by atoms with Crippen molar-refractivity contribution in [2.45, 2.75) is 23.8 Å². The monoisotopic (exact) mass is 324 g/mol. The van der Waals surface area contributed by atoms with Crippen LogP contribution in [-0.2, 0) is 10.0 Å². The van der Waals surface area contributed by atoms with Gasteiger partial charge in [0.15, 0.2) is 11.6 Å². The molecule has 1 aromatic carbocycles. The van der Waals surface area contributed by atoms with Crippen molar-refractivity contribution in [2.75, 3.05) is 0 Å². The van der Waals surface area contributed by atoms with E-state index in [4.69, 9.17) is 0 Å². The predicted molar refractivity (Wildman–Crippen MR) is 76.4 cm³/mol.